The molecular weight excluding hydrogens is 526 g/mol. The number of pyridine rings is 1. The molecule has 1 aliphatic rings. The largest absolute Gasteiger partial charge is 0.477 e. The third-order valence-corrected chi connectivity index (χ3v) is 8.02. The Kier molecular flexibility index (Phi) is 5.96. The minimum atomic E-state index is -0.931. The summed E-state index contributed by atoms with van der Waals surface area (Å²) in [5.74, 6) is -0.227. The number of H-pyrrole nitrogens is 1. The number of tetrazole rings is 1. The van der Waals surface area contributed by atoms with Crippen LogP contribution < -0.4 is 5.56 Å². The first-order chi connectivity index (χ1) is 18.3. The highest BCUT2D eigenvalue weighted by atomic mass is 35.5. The number of carboxylic acids is 1. The molecule has 2 N–H and O–H groups in total. The number of benzene rings is 1. The molecule has 0 unspecified atom stereocenters. The molecule has 0 spiro atoms. The average Bonchev–Trinajstić information content (AvgIpc) is 3.68. The fraction of sp³-hybridized carbons (Fsp3) is 0.231. The molecule has 5 heterocycles. The summed E-state index contributed by atoms with van der Waals surface area (Å²) in [6.45, 7) is 3.95. The summed E-state index contributed by atoms with van der Waals surface area (Å²) < 4.78 is 3.31. The minimum Gasteiger partial charge on any atom is -0.477 e. The number of thiophene rings is 1. The number of aromatic amines is 1. The molecule has 1 aromatic carbocycles. The lowest BCUT2D eigenvalue weighted by atomic mass is 9.97. The van der Waals surface area contributed by atoms with Gasteiger partial charge in [0.15, 0.2) is 0 Å². The summed E-state index contributed by atoms with van der Waals surface area (Å²) in [5.41, 5.74) is 5.31. The molecule has 192 valence electrons. The quantitative estimate of drug-likeness (QED) is 0.307. The van der Waals surface area contributed by atoms with Crippen molar-refractivity contribution < 1.29 is 9.90 Å². The third kappa shape index (κ3) is 4.04. The highest BCUT2D eigenvalue weighted by Crippen LogP contribution is 2.38. The summed E-state index contributed by atoms with van der Waals surface area (Å²) >= 11 is 7.52. The van der Waals surface area contributed by atoms with Crippen LogP contribution in [0.4, 0.5) is 0 Å². The van der Waals surface area contributed by atoms with Gasteiger partial charge in [0.2, 0.25) is 0 Å². The van der Waals surface area contributed by atoms with Gasteiger partial charge < -0.3 is 14.7 Å². The van der Waals surface area contributed by atoms with Crippen LogP contribution in [0.5, 0.6) is 0 Å². The first-order valence-corrected chi connectivity index (χ1v) is 13.3. The number of nitrogens with one attached hydrogen (secondary N) is 1. The van der Waals surface area contributed by atoms with Crippen LogP contribution in [0.1, 0.15) is 59.0 Å². The number of aryl methyl sites for hydroxylation is 1. The van der Waals surface area contributed by atoms with Gasteiger partial charge in [-0.3, -0.25) is 4.79 Å². The number of hydrogen-bond acceptors (Lipinski definition) is 7. The van der Waals surface area contributed by atoms with Crippen LogP contribution in [0.15, 0.2) is 53.0 Å². The Labute approximate surface area is 225 Å². The van der Waals surface area contributed by atoms with E-state index in [4.69, 9.17) is 11.6 Å². The van der Waals surface area contributed by atoms with E-state index in [0.29, 0.717) is 34.3 Å². The van der Waals surface area contributed by atoms with Crippen molar-refractivity contribution in [2.75, 3.05) is 0 Å². The van der Waals surface area contributed by atoms with Gasteiger partial charge in [0.05, 0.1) is 23.6 Å². The number of rotatable bonds is 6. The molecule has 5 aromatic rings. The van der Waals surface area contributed by atoms with Gasteiger partial charge in [0, 0.05) is 33.3 Å². The molecule has 12 heteroatoms. The standard InChI is InChI=1S/C26H22ClN7O3S/c1-13(2)23-18(11-38-24(23)26(36)37)19-10-28-25(30-19)21-6-4-16-7-14(8-22(35)34(16)21)17-9-15(27)3-5-20(17)33-12-29-31-32-33/h3,5,7-13,21H,4,6H2,1-2H3,(H,28,30)(H,36,37)/t21-/m0/s1. The molecule has 10 nitrogen and oxygen atoms in total. The van der Waals surface area contributed by atoms with E-state index in [1.807, 2.05) is 31.4 Å². The predicted molar refractivity (Wildman–Crippen MR) is 143 cm³/mol. The van der Waals surface area contributed by atoms with Crippen molar-refractivity contribution in [3.8, 4) is 28.1 Å². The van der Waals surface area contributed by atoms with Crippen molar-refractivity contribution in [2.45, 2.75) is 38.6 Å². The molecule has 0 saturated heterocycles. The average molecular weight is 548 g/mol. The molecule has 0 fully saturated rings. The van der Waals surface area contributed by atoms with Crippen molar-refractivity contribution in [1.82, 2.24) is 34.7 Å². The van der Waals surface area contributed by atoms with Crippen molar-refractivity contribution in [2.24, 2.45) is 0 Å². The number of halogens is 1. The Morgan fingerprint density at radius 3 is 2.82 bits per heavy atom. The van der Waals surface area contributed by atoms with Gasteiger partial charge in [-0.2, -0.15) is 4.68 Å². The third-order valence-electron chi connectivity index (χ3n) is 6.80. The number of carbonyl (C=O) groups is 1. The molecule has 6 rings (SSSR count). The number of fused-ring (bicyclic) bond motifs is 1. The lowest BCUT2D eigenvalue weighted by Gasteiger charge is -2.15. The van der Waals surface area contributed by atoms with Crippen LogP contribution >= 0.6 is 22.9 Å². The molecule has 1 aliphatic heterocycles. The first-order valence-electron chi connectivity index (χ1n) is 12.0. The fourth-order valence-electron chi connectivity index (χ4n) is 5.18. The topological polar surface area (TPSA) is 132 Å². The van der Waals surface area contributed by atoms with E-state index in [1.165, 1.54) is 22.3 Å². The monoisotopic (exact) mass is 547 g/mol. The van der Waals surface area contributed by atoms with Crippen molar-refractivity contribution in [1.29, 1.82) is 0 Å². The first kappa shape index (κ1) is 24.3. The number of aromatic nitrogens is 7. The smallest absolute Gasteiger partial charge is 0.346 e. The van der Waals surface area contributed by atoms with E-state index in [0.717, 1.165) is 33.6 Å². The fourth-order valence-corrected chi connectivity index (χ4v) is 6.41. The van der Waals surface area contributed by atoms with E-state index in [2.05, 4.69) is 25.5 Å². The van der Waals surface area contributed by atoms with Crippen molar-refractivity contribution >= 4 is 28.9 Å². The van der Waals surface area contributed by atoms with E-state index in [-0.39, 0.29) is 17.5 Å². The molecule has 0 aliphatic carbocycles. The number of aromatic carboxylic acids is 1. The molecule has 0 amide bonds. The maximum Gasteiger partial charge on any atom is 0.346 e. The van der Waals surface area contributed by atoms with Crippen molar-refractivity contribution in [3.05, 3.63) is 85.6 Å². The Bertz CT molecular complexity index is 1740. The van der Waals surface area contributed by atoms with Crippen LogP contribution in [0.25, 0.3) is 28.1 Å². The zero-order valence-electron chi connectivity index (χ0n) is 20.4. The van der Waals surface area contributed by atoms with Gasteiger partial charge in [-0.25, -0.2) is 9.78 Å². The van der Waals surface area contributed by atoms with Gasteiger partial charge >= 0.3 is 5.97 Å². The van der Waals surface area contributed by atoms with Crippen molar-refractivity contribution in [3.63, 3.8) is 0 Å². The maximum absolute atomic E-state index is 13.4. The zero-order chi connectivity index (χ0) is 26.6. The molecular formula is C26H22ClN7O3S. The Morgan fingerprint density at radius 2 is 2.08 bits per heavy atom. The summed E-state index contributed by atoms with van der Waals surface area (Å²) in [7, 11) is 0. The van der Waals surface area contributed by atoms with Gasteiger partial charge in [-0.05, 0) is 64.6 Å². The van der Waals surface area contributed by atoms with E-state index in [1.54, 1.807) is 29.0 Å². The van der Waals surface area contributed by atoms with Gasteiger partial charge in [0.1, 0.15) is 17.0 Å². The maximum atomic E-state index is 13.4. The number of hydrogen-bond donors (Lipinski definition) is 2. The SMILES string of the molecule is CC(C)c1c(-c2cnc([C@@H]3CCc4cc(-c5cc(Cl)ccc5-n5cnnn5)cc(=O)n43)[nH]2)csc1C(=O)O. The summed E-state index contributed by atoms with van der Waals surface area (Å²) in [6.07, 6.45) is 4.62. The Morgan fingerprint density at radius 1 is 1.24 bits per heavy atom. The lowest BCUT2D eigenvalue weighted by Crippen LogP contribution is -2.23. The second kappa shape index (κ2) is 9.34. The number of nitrogens with zero attached hydrogens (tertiary/aromatic N) is 6. The molecule has 4 aromatic heterocycles. The zero-order valence-corrected chi connectivity index (χ0v) is 22.0. The Hall–Kier alpha value is -4.09. The Balaban J connectivity index is 1.38. The van der Waals surface area contributed by atoms with E-state index >= 15 is 0 Å². The summed E-state index contributed by atoms with van der Waals surface area (Å²) in [4.78, 5) is 33.5. The molecule has 38 heavy (non-hydrogen) atoms. The normalized spacial score (nSPS) is 14.8. The second-order valence-corrected chi connectivity index (χ2v) is 10.8. The van der Waals surface area contributed by atoms with Crippen LogP contribution in [-0.4, -0.2) is 45.8 Å². The molecule has 0 radical (unpaired) electrons. The lowest BCUT2D eigenvalue weighted by molar-refractivity contribution is 0.0700. The molecule has 0 saturated carbocycles. The number of imidazole rings is 1. The molecule has 1 atom stereocenters. The highest BCUT2D eigenvalue weighted by molar-refractivity contribution is 7.12. The van der Waals surface area contributed by atoms with Crippen LogP contribution in [0.2, 0.25) is 5.02 Å². The summed E-state index contributed by atoms with van der Waals surface area (Å²) in [5, 5.41) is 23.4. The van der Waals surface area contributed by atoms with Crippen LogP contribution in [0.3, 0.4) is 0 Å². The van der Waals surface area contributed by atoms with Crippen LogP contribution in [-0.2, 0) is 6.42 Å². The molecule has 0 bridgehead atoms. The van der Waals surface area contributed by atoms with Crippen LogP contribution in [0, 0.1) is 0 Å². The van der Waals surface area contributed by atoms with Gasteiger partial charge in [0.25, 0.3) is 5.56 Å². The van der Waals surface area contributed by atoms with Gasteiger partial charge in [-0.15, -0.1) is 16.4 Å². The predicted octanol–water partition coefficient (Wildman–Crippen LogP) is 4.95. The number of carboxylic acid groups (broad SMARTS) is 1. The second-order valence-electron chi connectivity index (χ2n) is 9.45. The minimum absolute atomic E-state index is 0.0343. The van der Waals surface area contributed by atoms with E-state index < -0.39 is 5.97 Å². The highest BCUT2D eigenvalue weighted by Gasteiger charge is 2.29. The van der Waals surface area contributed by atoms with E-state index in [9.17, 15) is 14.7 Å². The summed E-state index contributed by atoms with van der Waals surface area (Å²) in [6, 6.07) is 8.72. The van der Waals surface area contributed by atoms with Gasteiger partial charge in [-0.1, -0.05) is 25.4 Å².